The Bertz CT molecular complexity index is 180. The molecule has 0 amide bonds. The molecule has 0 spiro atoms. The maximum atomic E-state index is 11.5. The molecular formula is C12H25NO2. The second-order valence-corrected chi connectivity index (χ2v) is 4.63. The number of hydrogen-bond acceptors (Lipinski definition) is 3. The largest absolute Gasteiger partial charge is 0.462 e. The molecule has 0 saturated heterocycles. The van der Waals surface area contributed by atoms with E-state index in [1.165, 1.54) is 0 Å². The standard InChI is InChI=1S/C12H25NO2/c1-5-6-7-10(4)15-12(14)11(13)8-9(2)3/h9-11H,5-8,13H2,1-4H3. The lowest BCUT2D eigenvalue weighted by Gasteiger charge is -2.17. The van der Waals surface area contributed by atoms with Gasteiger partial charge in [0.1, 0.15) is 6.04 Å². The van der Waals surface area contributed by atoms with E-state index < -0.39 is 6.04 Å². The van der Waals surface area contributed by atoms with Gasteiger partial charge in [-0.25, -0.2) is 0 Å². The van der Waals surface area contributed by atoms with E-state index in [9.17, 15) is 4.79 Å². The Morgan fingerprint density at radius 3 is 2.40 bits per heavy atom. The van der Waals surface area contributed by atoms with Gasteiger partial charge >= 0.3 is 5.97 Å². The molecule has 0 heterocycles. The number of carbonyl (C=O) groups excluding carboxylic acids is 1. The van der Waals surface area contributed by atoms with Gasteiger partial charge in [0.25, 0.3) is 0 Å². The number of esters is 1. The lowest BCUT2D eigenvalue weighted by molar-refractivity contribution is -0.150. The predicted molar refractivity (Wildman–Crippen MR) is 62.5 cm³/mol. The summed E-state index contributed by atoms with van der Waals surface area (Å²) in [6.45, 7) is 8.15. The Kier molecular flexibility index (Phi) is 7.39. The Morgan fingerprint density at radius 2 is 1.93 bits per heavy atom. The topological polar surface area (TPSA) is 52.3 Å². The summed E-state index contributed by atoms with van der Waals surface area (Å²) in [5, 5.41) is 0. The van der Waals surface area contributed by atoms with E-state index >= 15 is 0 Å². The number of unbranched alkanes of at least 4 members (excludes halogenated alkanes) is 1. The van der Waals surface area contributed by atoms with Crippen LogP contribution in [0.2, 0.25) is 0 Å². The van der Waals surface area contributed by atoms with Crippen LogP contribution < -0.4 is 5.73 Å². The summed E-state index contributed by atoms with van der Waals surface area (Å²) in [4.78, 5) is 11.5. The SMILES string of the molecule is CCCCC(C)OC(=O)C(N)CC(C)C. The monoisotopic (exact) mass is 215 g/mol. The molecule has 90 valence electrons. The summed E-state index contributed by atoms with van der Waals surface area (Å²) < 4.78 is 5.25. The molecule has 0 aliphatic heterocycles. The smallest absolute Gasteiger partial charge is 0.323 e. The zero-order chi connectivity index (χ0) is 11.8. The number of rotatable bonds is 7. The summed E-state index contributed by atoms with van der Waals surface area (Å²) in [7, 11) is 0. The van der Waals surface area contributed by atoms with Crippen LogP contribution in [-0.2, 0) is 9.53 Å². The van der Waals surface area contributed by atoms with Crippen LogP contribution in [0.15, 0.2) is 0 Å². The molecule has 0 aliphatic carbocycles. The minimum absolute atomic E-state index is 0.00402. The van der Waals surface area contributed by atoms with Gasteiger partial charge in [-0.1, -0.05) is 33.6 Å². The van der Waals surface area contributed by atoms with E-state index in [4.69, 9.17) is 10.5 Å². The van der Waals surface area contributed by atoms with Crippen molar-refractivity contribution >= 4 is 5.97 Å². The molecule has 3 nitrogen and oxygen atoms in total. The fourth-order valence-corrected chi connectivity index (χ4v) is 1.44. The lowest BCUT2D eigenvalue weighted by atomic mass is 10.0. The summed E-state index contributed by atoms with van der Waals surface area (Å²) in [5.41, 5.74) is 5.72. The molecule has 0 aromatic rings. The van der Waals surface area contributed by atoms with Crippen molar-refractivity contribution in [3.05, 3.63) is 0 Å². The zero-order valence-corrected chi connectivity index (χ0v) is 10.5. The van der Waals surface area contributed by atoms with Gasteiger partial charge in [0.05, 0.1) is 6.10 Å². The van der Waals surface area contributed by atoms with Crippen molar-refractivity contribution in [2.45, 2.75) is 65.5 Å². The van der Waals surface area contributed by atoms with Gasteiger partial charge in [0.2, 0.25) is 0 Å². The Balaban J connectivity index is 3.80. The fourth-order valence-electron chi connectivity index (χ4n) is 1.44. The van der Waals surface area contributed by atoms with Crippen molar-refractivity contribution in [1.29, 1.82) is 0 Å². The first-order chi connectivity index (χ1) is 6.97. The van der Waals surface area contributed by atoms with Gasteiger partial charge in [-0.15, -0.1) is 0 Å². The first-order valence-electron chi connectivity index (χ1n) is 5.93. The zero-order valence-electron chi connectivity index (χ0n) is 10.5. The molecule has 0 fully saturated rings. The number of carbonyl (C=O) groups is 1. The molecule has 0 aliphatic rings. The van der Waals surface area contributed by atoms with E-state index in [1.807, 2.05) is 20.8 Å². The van der Waals surface area contributed by atoms with Gasteiger partial charge < -0.3 is 10.5 Å². The third-order valence-electron chi connectivity index (χ3n) is 2.31. The average Bonchev–Trinajstić information content (AvgIpc) is 2.13. The highest BCUT2D eigenvalue weighted by atomic mass is 16.5. The van der Waals surface area contributed by atoms with Crippen LogP contribution in [0.3, 0.4) is 0 Å². The number of hydrogen-bond donors (Lipinski definition) is 1. The van der Waals surface area contributed by atoms with Crippen molar-refractivity contribution < 1.29 is 9.53 Å². The molecule has 2 N–H and O–H groups in total. The molecule has 15 heavy (non-hydrogen) atoms. The lowest BCUT2D eigenvalue weighted by Crippen LogP contribution is -2.35. The van der Waals surface area contributed by atoms with Crippen LogP contribution in [0.4, 0.5) is 0 Å². The molecule has 0 rings (SSSR count). The second kappa shape index (κ2) is 7.69. The first-order valence-corrected chi connectivity index (χ1v) is 5.93. The van der Waals surface area contributed by atoms with Crippen LogP contribution in [-0.4, -0.2) is 18.1 Å². The molecule has 0 radical (unpaired) electrons. The number of ether oxygens (including phenoxy) is 1. The molecule has 2 atom stereocenters. The highest BCUT2D eigenvalue weighted by molar-refractivity contribution is 5.75. The Hall–Kier alpha value is -0.570. The van der Waals surface area contributed by atoms with Gasteiger partial charge in [-0.2, -0.15) is 0 Å². The van der Waals surface area contributed by atoms with Gasteiger partial charge in [-0.05, 0) is 25.7 Å². The molecule has 0 saturated carbocycles. The minimum Gasteiger partial charge on any atom is -0.462 e. The third-order valence-corrected chi connectivity index (χ3v) is 2.31. The summed E-state index contributed by atoms with van der Waals surface area (Å²) in [5.74, 6) is 0.172. The molecule has 0 aromatic heterocycles. The van der Waals surface area contributed by atoms with E-state index in [0.29, 0.717) is 12.3 Å². The van der Waals surface area contributed by atoms with Crippen LogP contribution in [0.5, 0.6) is 0 Å². The van der Waals surface area contributed by atoms with Crippen LogP contribution in [0.25, 0.3) is 0 Å². The Labute approximate surface area is 93.4 Å². The normalized spacial score (nSPS) is 15.1. The first kappa shape index (κ1) is 14.4. The van der Waals surface area contributed by atoms with E-state index in [-0.39, 0.29) is 12.1 Å². The van der Waals surface area contributed by atoms with Crippen LogP contribution in [0.1, 0.15) is 53.4 Å². The van der Waals surface area contributed by atoms with Crippen molar-refractivity contribution in [3.8, 4) is 0 Å². The fraction of sp³-hybridized carbons (Fsp3) is 0.917. The minimum atomic E-state index is -0.464. The predicted octanol–water partition coefficient (Wildman–Crippen LogP) is 2.48. The van der Waals surface area contributed by atoms with Gasteiger partial charge in [0.15, 0.2) is 0 Å². The average molecular weight is 215 g/mol. The molecular weight excluding hydrogens is 190 g/mol. The third kappa shape index (κ3) is 7.37. The molecule has 0 bridgehead atoms. The summed E-state index contributed by atoms with van der Waals surface area (Å²) in [6, 6.07) is -0.464. The van der Waals surface area contributed by atoms with Gasteiger partial charge in [0, 0.05) is 0 Å². The quantitative estimate of drug-likeness (QED) is 0.664. The maximum Gasteiger partial charge on any atom is 0.323 e. The molecule has 3 heteroatoms. The second-order valence-electron chi connectivity index (χ2n) is 4.63. The van der Waals surface area contributed by atoms with E-state index in [2.05, 4.69) is 6.92 Å². The van der Waals surface area contributed by atoms with Gasteiger partial charge in [-0.3, -0.25) is 4.79 Å². The Morgan fingerprint density at radius 1 is 1.33 bits per heavy atom. The molecule has 2 unspecified atom stereocenters. The van der Waals surface area contributed by atoms with Crippen LogP contribution in [0, 0.1) is 5.92 Å². The van der Waals surface area contributed by atoms with Crippen molar-refractivity contribution in [3.63, 3.8) is 0 Å². The van der Waals surface area contributed by atoms with Crippen molar-refractivity contribution in [1.82, 2.24) is 0 Å². The highest BCUT2D eigenvalue weighted by Crippen LogP contribution is 2.08. The van der Waals surface area contributed by atoms with Crippen molar-refractivity contribution in [2.24, 2.45) is 11.7 Å². The molecule has 0 aromatic carbocycles. The number of nitrogens with two attached hydrogens (primary N) is 1. The van der Waals surface area contributed by atoms with Crippen LogP contribution >= 0.6 is 0 Å². The van der Waals surface area contributed by atoms with Crippen molar-refractivity contribution in [2.75, 3.05) is 0 Å². The summed E-state index contributed by atoms with van der Waals surface area (Å²) in [6.07, 6.45) is 3.83. The highest BCUT2D eigenvalue weighted by Gasteiger charge is 2.18. The van der Waals surface area contributed by atoms with E-state index in [0.717, 1.165) is 19.3 Å². The maximum absolute atomic E-state index is 11.5. The summed E-state index contributed by atoms with van der Waals surface area (Å²) >= 11 is 0. The van der Waals surface area contributed by atoms with E-state index in [1.54, 1.807) is 0 Å².